The lowest BCUT2D eigenvalue weighted by Crippen LogP contribution is -2.48. The fourth-order valence-corrected chi connectivity index (χ4v) is 4.44. The number of benzene rings is 2. The average molecular weight is 399 g/mol. The number of aryl methyl sites for hydroxylation is 1. The van der Waals surface area contributed by atoms with Crippen molar-refractivity contribution in [2.45, 2.75) is 6.92 Å². The van der Waals surface area contributed by atoms with E-state index in [1.54, 1.807) is 12.1 Å². The van der Waals surface area contributed by atoms with Gasteiger partial charge in [-0.15, -0.1) is 0 Å². The van der Waals surface area contributed by atoms with E-state index in [0.29, 0.717) is 12.1 Å². The quantitative estimate of drug-likeness (QED) is 0.717. The third-order valence-corrected chi connectivity index (χ3v) is 6.05. The second-order valence-electron chi connectivity index (χ2n) is 7.06. The highest BCUT2D eigenvalue weighted by molar-refractivity contribution is 7.22. The van der Waals surface area contributed by atoms with Gasteiger partial charge >= 0.3 is 0 Å². The minimum atomic E-state index is -0.222. The zero-order valence-corrected chi connectivity index (χ0v) is 16.6. The summed E-state index contributed by atoms with van der Waals surface area (Å²) >= 11 is 1.54. The summed E-state index contributed by atoms with van der Waals surface area (Å²) in [6.45, 7) is 7.05. The van der Waals surface area contributed by atoms with Crippen LogP contribution in [0.5, 0.6) is 0 Å². The standard InChI is InChI=1S/C21H23FN4OS/c1-15-3-2-4-16(13-15)20(27)23-7-8-25-9-11-26(12-10-25)21-24-18-6-5-17(22)14-19(18)28-21/h2-6,13-14H,7-12H2,1H3,(H,23,27). The normalized spacial score (nSPS) is 15.1. The first-order valence-electron chi connectivity index (χ1n) is 9.47. The monoisotopic (exact) mass is 398 g/mol. The molecule has 1 fully saturated rings. The summed E-state index contributed by atoms with van der Waals surface area (Å²) in [4.78, 5) is 21.4. The van der Waals surface area contributed by atoms with Crippen molar-refractivity contribution >= 4 is 32.6 Å². The van der Waals surface area contributed by atoms with Crippen molar-refractivity contribution in [3.8, 4) is 0 Å². The molecule has 0 saturated carbocycles. The second-order valence-corrected chi connectivity index (χ2v) is 8.07. The molecule has 3 aromatic rings. The van der Waals surface area contributed by atoms with Gasteiger partial charge in [0.1, 0.15) is 5.82 Å². The first-order chi connectivity index (χ1) is 13.6. The first kappa shape index (κ1) is 18.8. The number of anilines is 1. The molecule has 0 unspecified atom stereocenters. The maximum absolute atomic E-state index is 13.4. The number of rotatable bonds is 5. The van der Waals surface area contributed by atoms with Crippen molar-refractivity contribution in [3.63, 3.8) is 0 Å². The smallest absolute Gasteiger partial charge is 0.251 e. The van der Waals surface area contributed by atoms with Gasteiger partial charge in [0.05, 0.1) is 10.2 Å². The second kappa shape index (κ2) is 8.24. The molecule has 28 heavy (non-hydrogen) atoms. The van der Waals surface area contributed by atoms with Crippen molar-refractivity contribution in [2.75, 3.05) is 44.2 Å². The maximum atomic E-state index is 13.4. The maximum Gasteiger partial charge on any atom is 0.251 e. The molecule has 1 aromatic heterocycles. The van der Waals surface area contributed by atoms with Crippen molar-refractivity contribution in [3.05, 3.63) is 59.4 Å². The molecular weight excluding hydrogens is 375 g/mol. The Balaban J connectivity index is 1.25. The van der Waals surface area contributed by atoms with Gasteiger partial charge in [-0.25, -0.2) is 9.37 Å². The number of hydrogen-bond acceptors (Lipinski definition) is 5. The van der Waals surface area contributed by atoms with Gasteiger partial charge in [0.2, 0.25) is 0 Å². The van der Waals surface area contributed by atoms with E-state index < -0.39 is 0 Å². The molecule has 1 N–H and O–H groups in total. The van der Waals surface area contributed by atoms with Crippen LogP contribution >= 0.6 is 11.3 Å². The summed E-state index contributed by atoms with van der Waals surface area (Å²) in [7, 11) is 0. The molecule has 0 bridgehead atoms. The summed E-state index contributed by atoms with van der Waals surface area (Å²) in [5.74, 6) is -0.246. The lowest BCUT2D eigenvalue weighted by atomic mass is 10.1. The Morgan fingerprint density at radius 1 is 1.18 bits per heavy atom. The van der Waals surface area contributed by atoms with E-state index in [2.05, 4.69) is 20.1 Å². The number of carbonyl (C=O) groups is 1. The number of nitrogens with zero attached hydrogens (tertiary/aromatic N) is 3. The lowest BCUT2D eigenvalue weighted by Gasteiger charge is -2.34. The Morgan fingerprint density at radius 3 is 2.79 bits per heavy atom. The average Bonchev–Trinajstić information content (AvgIpc) is 3.11. The number of amides is 1. The van der Waals surface area contributed by atoms with E-state index in [1.807, 2.05) is 31.2 Å². The number of carbonyl (C=O) groups excluding carboxylic acids is 1. The molecule has 7 heteroatoms. The number of hydrogen-bond donors (Lipinski definition) is 1. The molecule has 0 aliphatic carbocycles. The molecule has 1 aliphatic rings. The number of halogens is 1. The zero-order valence-electron chi connectivity index (χ0n) is 15.8. The van der Waals surface area contributed by atoms with Crippen LogP contribution in [0.4, 0.5) is 9.52 Å². The molecule has 2 heterocycles. The summed E-state index contributed by atoms with van der Waals surface area (Å²) in [5, 5.41) is 3.95. The Kier molecular flexibility index (Phi) is 5.54. The van der Waals surface area contributed by atoms with Gasteiger partial charge in [-0.3, -0.25) is 9.69 Å². The molecule has 1 saturated heterocycles. The minimum absolute atomic E-state index is 0.0240. The molecule has 4 rings (SSSR count). The molecule has 2 aromatic carbocycles. The predicted octanol–water partition coefficient (Wildman–Crippen LogP) is 3.30. The van der Waals surface area contributed by atoms with Crippen molar-refractivity contribution < 1.29 is 9.18 Å². The van der Waals surface area contributed by atoms with Crippen LogP contribution in [0.15, 0.2) is 42.5 Å². The van der Waals surface area contributed by atoms with E-state index in [4.69, 9.17) is 0 Å². The molecule has 0 atom stereocenters. The molecule has 5 nitrogen and oxygen atoms in total. The largest absolute Gasteiger partial charge is 0.351 e. The van der Waals surface area contributed by atoms with E-state index in [0.717, 1.165) is 53.6 Å². The Bertz CT molecular complexity index is 981. The van der Waals surface area contributed by atoms with Crippen molar-refractivity contribution in [2.24, 2.45) is 0 Å². The fraction of sp³-hybridized carbons (Fsp3) is 0.333. The highest BCUT2D eigenvalue weighted by Crippen LogP contribution is 2.29. The van der Waals surface area contributed by atoms with Gasteiger partial charge in [0.15, 0.2) is 5.13 Å². The van der Waals surface area contributed by atoms with Gasteiger partial charge in [0, 0.05) is 44.8 Å². The zero-order chi connectivity index (χ0) is 19.5. The highest BCUT2D eigenvalue weighted by atomic mass is 32.1. The Hall–Kier alpha value is -2.51. The van der Waals surface area contributed by atoms with E-state index >= 15 is 0 Å². The topological polar surface area (TPSA) is 48.5 Å². The first-order valence-corrected chi connectivity index (χ1v) is 10.3. The molecular formula is C21H23FN4OS. The third-order valence-electron chi connectivity index (χ3n) is 4.98. The summed E-state index contributed by atoms with van der Waals surface area (Å²) in [6.07, 6.45) is 0. The lowest BCUT2D eigenvalue weighted by molar-refractivity contribution is 0.0947. The SMILES string of the molecule is Cc1cccc(C(=O)NCCN2CCN(c3nc4ccc(F)cc4s3)CC2)c1. The number of thiazole rings is 1. The van der Waals surface area contributed by atoms with Crippen LogP contribution in [0.25, 0.3) is 10.2 Å². The summed E-state index contributed by atoms with van der Waals surface area (Å²) < 4.78 is 14.3. The molecule has 0 spiro atoms. The van der Waals surface area contributed by atoms with Crippen LogP contribution in [0.1, 0.15) is 15.9 Å². The molecule has 0 radical (unpaired) electrons. The van der Waals surface area contributed by atoms with Crippen LogP contribution in [0, 0.1) is 12.7 Å². The number of piperazine rings is 1. The van der Waals surface area contributed by atoms with E-state index in [-0.39, 0.29) is 11.7 Å². The van der Waals surface area contributed by atoms with Crippen molar-refractivity contribution in [1.82, 2.24) is 15.2 Å². The van der Waals surface area contributed by atoms with Gasteiger partial charge in [-0.2, -0.15) is 0 Å². The predicted molar refractivity (Wildman–Crippen MR) is 112 cm³/mol. The summed E-state index contributed by atoms with van der Waals surface area (Å²) in [6, 6.07) is 12.4. The Morgan fingerprint density at radius 2 is 2.00 bits per heavy atom. The van der Waals surface area contributed by atoms with Crippen LogP contribution in [-0.2, 0) is 0 Å². The minimum Gasteiger partial charge on any atom is -0.351 e. The van der Waals surface area contributed by atoms with Gasteiger partial charge < -0.3 is 10.2 Å². The van der Waals surface area contributed by atoms with E-state index in [1.165, 1.54) is 17.4 Å². The Labute approximate surface area is 167 Å². The fourth-order valence-electron chi connectivity index (χ4n) is 3.40. The number of fused-ring (bicyclic) bond motifs is 1. The highest BCUT2D eigenvalue weighted by Gasteiger charge is 2.20. The van der Waals surface area contributed by atoms with Crippen LogP contribution < -0.4 is 10.2 Å². The van der Waals surface area contributed by atoms with Crippen LogP contribution in [0.3, 0.4) is 0 Å². The molecule has 146 valence electrons. The van der Waals surface area contributed by atoms with Crippen LogP contribution in [-0.4, -0.2) is 55.1 Å². The van der Waals surface area contributed by atoms with Crippen LogP contribution in [0.2, 0.25) is 0 Å². The van der Waals surface area contributed by atoms with Crippen molar-refractivity contribution in [1.29, 1.82) is 0 Å². The van der Waals surface area contributed by atoms with Gasteiger partial charge in [-0.1, -0.05) is 29.0 Å². The van der Waals surface area contributed by atoms with Gasteiger partial charge in [-0.05, 0) is 37.3 Å². The summed E-state index contributed by atoms with van der Waals surface area (Å²) in [5.41, 5.74) is 2.64. The molecule has 1 amide bonds. The number of nitrogens with one attached hydrogen (secondary N) is 1. The van der Waals surface area contributed by atoms with E-state index in [9.17, 15) is 9.18 Å². The molecule has 1 aliphatic heterocycles. The number of aromatic nitrogens is 1. The third kappa shape index (κ3) is 4.31. The van der Waals surface area contributed by atoms with Gasteiger partial charge in [0.25, 0.3) is 5.91 Å².